The van der Waals surface area contributed by atoms with Crippen molar-refractivity contribution in [2.45, 2.75) is 232 Å². The summed E-state index contributed by atoms with van der Waals surface area (Å²) in [6.07, 6.45) is 54.3. The summed E-state index contributed by atoms with van der Waals surface area (Å²) in [6, 6.07) is 0. The van der Waals surface area contributed by atoms with Crippen molar-refractivity contribution in [2.75, 3.05) is 26.4 Å². The molecule has 350 valence electrons. The maximum absolute atomic E-state index is 12.6. The van der Waals surface area contributed by atoms with Gasteiger partial charge in [0.25, 0.3) is 0 Å². The number of allylic oxidation sites excluding steroid dienone is 8. The summed E-state index contributed by atoms with van der Waals surface area (Å²) in [4.78, 5) is 35.0. The quantitative estimate of drug-likeness (QED) is 0.0265. The lowest BCUT2D eigenvalue weighted by Crippen LogP contribution is -2.29. The summed E-state index contributed by atoms with van der Waals surface area (Å²) in [5.74, 6) is -0.843. The predicted octanol–water partition coefficient (Wildman–Crippen LogP) is 14.7. The SMILES string of the molecule is CCCCCC/C=C\C/C=C\CCCCCCCC(=O)OCC(COP(=O)(O)OCCN)OC(=O)CCCCCCCCCCCCC/C=C\C/C=C\CCCCCCC. The number of ether oxygens (including phenoxy) is 2. The number of unbranched alkanes of at least 4 members (excludes halogenated alkanes) is 25. The maximum Gasteiger partial charge on any atom is 0.472 e. The molecule has 0 saturated carbocycles. The van der Waals surface area contributed by atoms with Gasteiger partial charge in [-0.05, 0) is 77.0 Å². The Kier molecular flexibility index (Phi) is 44.9. The zero-order chi connectivity index (χ0) is 43.9. The first kappa shape index (κ1) is 58.0. The van der Waals surface area contributed by atoms with Crippen molar-refractivity contribution in [3.8, 4) is 0 Å². The van der Waals surface area contributed by atoms with E-state index >= 15 is 0 Å². The van der Waals surface area contributed by atoms with E-state index in [1.165, 1.54) is 122 Å². The lowest BCUT2D eigenvalue weighted by molar-refractivity contribution is -0.161. The van der Waals surface area contributed by atoms with Gasteiger partial charge in [0.1, 0.15) is 6.61 Å². The summed E-state index contributed by atoms with van der Waals surface area (Å²) in [5, 5.41) is 0. The Morgan fingerprint density at radius 2 is 0.867 bits per heavy atom. The summed E-state index contributed by atoms with van der Waals surface area (Å²) in [6.45, 7) is 3.70. The van der Waals surface area contributed by atoms with E-state index in [0.29, 0.717) is 12.8 Å². The fourth-order valence-electron chi connectivity index (χ4n) is 6.75. The van der Waals surface area contributed by atoms with Crippen molar-refractivity contribution in [2.24, 2.45) is 5.73 Å². The van der Waals surface area contributed by atoms with Gasteiger partial charge in [-0.3, -0.25) is 18.6 Å². The maximum atomic E-state index is 12.6. The Bertz CT molecular complexity index is 1120. The van der Waals surface area contributed by atoms with Crippen molar-refractivity contribution < 1.29 is 37.6 Å². The Morgan fingerprint density at radius 1 is 0.500 bits per heavy atom. The summed E-state index contributed by atoms with van der Waals surface area (Å²) < 4.78 is 32.9. The number of carbonyl (C=O) groups is 2. The molecule has 0 aliphatic carbocycles. The van der Waals surface area contributed by atoms with Crippen LogP contribution in [0.2, 0.25) is 0 Å². The van der Waals surface area contributed by atoms with Crippen LogP contribution in [0.5, 0.6) is 0 Å². The van der Waals surface area contributed by atoms with Gasteiger partial charge in [-0.25, -0.2) is 4.57 Å². The molecule has 0 aromatic rings. The molecule has 2 atom stereocenters. The van der Waals surface area contributed by atoms with E-state index in [1.807, 2.05) is 0 Å². The number of rotatable bonds is 46. The predicted molar refractivity (Wildman–Crippen MR) is 252 cm³/mol. The van der Waals surface area contributed by atoms with Crippen LogP contribution in [-0.2, 0) is 32.7 Å². The molecule has 60 heavy (non-hydrogen) atoms. The van der Waals surface area contributed by atoms with E-state index in [9.17, 15) is 19.0 Å². The third-order valence-electron chi connectivity index (χ3n) is 10.4. The van der Waals surface area contributed by atoms with Crippen LogP contribution in [-0.4, -0.2) is 49.3 Å². The zero-order valence-corrected chi connectivity index (χ0v) is 39.6. The molecule has 0 aliphatic heterocycles. The molecule has 0 aromatic heterocycles. The zero-order valence-electron chi connectivity index (χ0n) is 38.7. The number of hydrogen-bond donors (Lipinski definition) is 2. The van der Waals surface area contributed by atoms with Crippen LogP contribution >= 0.6 is 7.82 Å². The van der Waals surface area contributed by atoms with Gasteiger partial charge in [0.2, 0.25) is 0 Å². The Labute approximate surface area is 368 Å². The topological polar surface area (TPSA) is 134 Å². The van der Waals surface area contributed by atoms with Crippen LogP contribution in [0, 0.1) is 0 Å². The molecule has 0 aromatic carbocycles. The average Bonchev–Trinajstić information content (AvgIpc) is 3.24. The Balaban J connectivity index is 4.08. The van der Waals surface area contributed by atoms with E-state index in [0.717, 1.165) is 64.2 Å². The number of phosphoric acid groups is 1. The van der Waals surface area contributed by atoms with E-state index in [2.05, 4.69) is 62.5 Å². The van der Waals surface area contributed by atoms with Gasteiger partial charge < -0.3 is 20.1 Å². The first-order valence-corrected chi connectivity index (χ1v) is 26.1. The molecule has 0 fully saturated rings. The summed E-state index contributed by atoms with van der Waals surface area (Å²) in [7, 11) is -4.38. The summed E-state index contributed by atoms with van der Waals surface area (Å²) in [5.41, 5.74) is 5.36. The molecule has 0 saturated heterocycles. The van der Waals surface area contributed by atoms with Crippen molar-refractivity contribution in [1.29, 1.82) is 0 Å². The lowest BCUT2D eigenvalue weighted by atomic mass is 10.0. The highest BCUT2D eigenvalue weighted by Gasteiger charge is 2.26. The molecule has 0 rings (SSSR count). The fourth-order valence-corrected chi connectivity index (χ4v) is 7.52. The average molecular weight is 866 g/mol. The molecule has 0 bridgehead atoms. The van der Waals surface area contributed by atoms with E-state index < -0.39 is 32.5 Å². The fraction of sp³-hybridized carbons (Fsp3) is 0.800. The third-order valence-corrected chi connectivity index (χ3v) is 11.4. The van der Waals surface area contributed by atoms with Crippen LogP contribution in [0.25, 0.3) is 0 Å². The van der Waals surface area contributed by atoms with E-state index in [-0.39, 0.29) is 32.6 Å². The molecule has 3 N–H and O–H groups in total. The minimum atomic E-state index is -4.38. The van der Waals surface area contributed by atoms with Gasteiger partial charge in [0.15, 0.2) is 6.10 Å². The largest absolute Gasteiger partial charge is 0.472 e. The molecule has 0 radical (unpaired) electrons. The number of carbonyl (C=O) groups excluding carboxylic acids is 2. The number of phosphoric ester groups is 1. The molecule has 0 amide bonds. The van der Waals surface area contributed by atoms with Crippen molar-refractivity contribution in [3.63, 3.8) is 0 Å². The highest BCUT2D eigenvalue weighted by atomic mass is 31.2. The molecule has 0 spiro atoms. The normalized spacial score (nSPS) is 13.6. The van der Waals surface area contributed by atoms with Gasteiger partial charge in [-0.2, -0.15) is 0 Å². The molecule has 0 heterocycles. The van der Waals surface area contributed by atoms with Crippen LogP contribution in [0.3, 0.4) is 0 Å². The molecule has 0 aliphatic rings. The van der Waals surface area contributed by atoms with Crippen molar-refractivity contribution in [1.82, 2.24) is 0 Å². The monoisotopic (exact) mass is 866 g/mol. The highest BCUT2D eigenvalue weighted by molar-refractivity contribution is 7.47. The van der Waals surface area contributed by atoms with E-state index in [4.69, 9.17) is 24.3 Å². The molecular weight excluding hydrogens is 774 g/mol. The van der Waals surface area contributed by atoms with Crippen molar-refractivity contribution >= 4 is 19.8 Å². The van der Waals surface area contributed by atoms with Crippen LogP contribution in [0.15, 0.2) is 48.6 Å². The van der Waals surface area contributed by atoms with Crippen molar-refractivity contribution in [3.05, 3.63) is 48.6 Å². The number of nitrogens with two attached hydrogens (primary N) is 1. The first-order valence-electron chi connectivity index (χ1n) is 24.6. The van der Waals surface area contributed by atoms with Crippen LogP contribution in [0.4, 0.5) is 0 Å². The molecular formula is C50H92NO8P. The number of esters is 2. The van der Waals surface area contributed by atoms with Gasteiger partial charge in [0.05, 0.1) is 13.2 Å². The molecule has 2 unspecified atom stereocenters. The van der Waals surface area contributed by atoms with Crippen LogP contribution in [0.1, 0.15) is 226 Å². The second-order valence-electron chi connectivity index (χ2n) is 16.3. The third kappa shape index (κ3) is 45.5. The van der Waals surface area contributed by atoms with Gasteiger partial charge in [-0.15, -0.1) is 0 Å². The van der Waals surface area contributed by atoms with E-state index in [1.54, 1.807) is 0 Å². The summed E-state index contributed by atoms with van der Waals surface area (Å²) >= 11 is 0. The second-order valence-corrected chi connectivity index (χ2v) is 17.8. The van der Waals surface area contributed by atoms with Gasteiger partial charge in [-0.1, -0.05) is 184 Å². The minimum Gasteiger partial charge on any atom is -0.462 e. The first-order chi connectivity index (χ1) is 29.3. The second kappa shape index (κ2) is 46.5. The molecule has 9 nitrogen and oxygen atoms in total. The Morgan fingerprint density at radius 3 is 1.28 bits per heavy atom. The highest BCUT2D eigenvalue weighted by Crippen LogP contribution is 2.43. The smallest absolute Gasteiger partial charge is 0.462 e. The molecule has 10 heteroatoms. The Hall–Kier alpha value is -2.03. The lowest BCUT2D eigenvalue weighted by Gasteiger charge is -2.19. The standard InChI is InChI=1S/C50H92NO8P/c1-3-5-7-9-11-13-15-17-19-21-22-23-24-25-26-27-29-31-33-35-37-39-41-43-50(53)59-48(47-58-60(54,55)57-45-44-51)46-56-49(52)42-40-38-36-34-32-30-28-20-18-16-14-12-10-8-6-4-2/h14-17,20-22,28,48H,3-13,18-19,23-27,29-47,51H2,1-2H3,(H,54,55)/b16-14-,17-15-,22-21-,28-20-. The number of hydrogen-bond acceptors (Lipinski definition) is 8. The van der Waals surface area contributed by atoms with Gasteiger partial charge >= 0.3 is 19.8 Å². The minimum absolute atomic E-state index is 0.0501. The van der Waals surface area contributed by atoms with Crippen LogP contribution < -0.4 is 5.73 Å². The van der Waals surface area contributed by atoms with Gasteiger partial charge in [0, 0.05) is 19.4 Å².